The second kappa shape index (κ2) is 13.0. The van der Waals surface area contributed by atoms with Crippen LogP contribution in [0.4, 0.5) is 4.39 Å². The Hall–Kier alpha value is -2.64. The fourth-order valence-electron chi connectivity index (χ4n) is 3.37. The number of likely N-dealkylation sites (N-methyl/N-ethyl adjacent to an activating group) is 1. The zero-order chi connectivity index (χ0) is 22.6. The maximum Gasteiger partial charge on any atom is 0.194 e. The van der Waals surface area contributed by atoms with Crippen molar-refractivity contribution in [1.82, 2.24) is 10.2 Å². The molecular weight excluding hydrogens is 409 g/mol. The lowest BCUT2D eigenvalue weighted by Crippen LogP contribution is -2.40. The van der Waals surface area contributed by atoms with Gasteiger partial charge in [0.1, 0.15) is 18.2 Å². The van der Waals surface area contributed by atoms with Crippen LogP contribution in [0, 0.1) is 5.82 Å². The number of halogens is 1. The highest BCUT2D eigenvalue weighted by Crippen LogP contribution is 2.14. The van der Waals surface area contributed by atoms with Crippen molar-refractivity contribution in [3.63, 3.8) is 0 Å². The number of hydrogen-bond acceptors (Lipinski definition) is 4. The second-order valence-electron chi connectivity index (χ2n) is 7.83. The van der Waals surface area contributed by atoms with Crippen LogP contribution in [0.3, 0.4) is 0 Å². The van der Waals surface area contributed by atoms with Crippen molar-refractivity contribution in [2.24, 2.45) is 4.99 Å². The lowest BCUT2D eigenvalue weighted by molar-refractivity contribution is -0.0390. The molecular formula is C25H34FN3O3. The molecule has 1 N–H and O–H groups in total. The second-order valence-corrected chi connectivity index (χ2v) is 7.83. The van der Waals surface area contributed by atoms with Gasteiger partial charge in [0, 0.05) is 26.8 Å². The summed E-state index contributed by atoms with van der Waals surface area (Å²) in [5.74, 6) is 1.21. The lowest BCUT2D eigenvalue weighted by atomic mass is 10.1. The van der Waals surface area contributed by atoms with Crippen molar-refractivity contribution in [2.75, 3.05) is 40.0 Å². The Morgan fingerprint density at radius 2 is 1.78 bits per heavy atom. The SMILES string of the molecule is CCNC(=NCc1ccc(COC2CCOCC2)cc1)N(C)CCOc1ccc(F)cc1. The molecule has 0 saturated carbocycles. The molecule has 1 heterocycles. The number of guanidine groups is 1. The van der Waals surface area contributed by atoms with Gasteiger partial charge >= 0.3 is 0 Å². The van der Waals surface area contributed by atoms with Crippen LogP contribution in [0.2, 0.25) is 0 Å². The minimum absolute atomic E-state index is 0.268. The van der Waals surface area contributed by atoms with Crippen LogP contribution in [0.1, 0.15) is 30.9 Å². The maximum absolute atomic E-state index is 13.0. The molecule has 0 atom stereocenters. The van der Waals surface area contributed by atoms with Gasteiger partial charge in [-0.15, -0.1) is 0 Å². The van der Waals surface area contributed by atoms with Gasteiger partial charge in [-0.3, -0.25) is 0 Å². The van der Waals surface area contributed by atoms with Gasteiger partial charge in [0.25, 0.3) is 0 Å². The van der Waals surface area contributed by atoms with Crippen molar-refractivity contribution in [1.29, 1.82) is 0 Å². The summed E-state index contributed by atoms with van der Waals surface area (Å²) in [7, 11) is 1.98. The smallest absolute Gasteiger partial charge is 0.194 e. The van der Waals surface area contributed by atoms with Crippen molar-refractivity contribution in [3.05, 3.63) is 65.5 Å². The number of hydrogen-bond donors (Lipinski definition) is 1. The molecule has 2 aromatic carbocycles. The Morgan fingerprint density at radius 3 is 2.47 bits per heavy atom. The molecule has 0 aliphatic carbocycles. The van der Waals surface area contributed by atoms with Crippen LogP contribution in [-0.4, -0.2) is 56.9 Å². The first-order chi connectivity index (χ1) is 15.6. The van der Waals surface area contributed by atoms with E-state index in [2.05, 4.69) is 29.6 Å². The van der Waals surface area contributed by atoms with Crippen LogP contribution in [0.25, 0.3) is 0 Å². The van der Waals surface area contributed by atoms with Gasteiger partial charge in [0.05, 0.1) is 25.8 Å². The Morgan fingerprint density at radius 1 is 1.09 bits per heavy atom. The number of benzene rings is 2. The van der Waals surface area contributed by atoms with Crippen molar-refractivity contribution in [3.8, 4) is 5.75 Å². The minimum Gasteiger partial charge on any atom is -0.492 e. The van der Waals surface area contributed by atoms with Crippen LogP contribution >= 0.6 is 0 Å². The summed E-state index contributed by atoms with van der Waals surface area (Å²) in [6, 6.07) is 14.5. The van der Waals surface area contributed by atoms with E-state index in [1.54, 1.807) is 12.1 Å². The predicted molar refractivity (Wildman–Crippen MR) is 124 cm³/mol. The molecule has 2 aromatic rings. The van der Waals surface area contributed by atoms with Gasteiger partial charge in [-0.1, -0.05) is 24.3 Å². The zero-order valence-corrected chi connectivity index (χ0v) is 19.1. The molecule has 1 saturated heterocycles. The lowest BCUT2D eigenvalue weighted by Gasteiger charge is -2.22. The van der Waals surface area contributed by atoms with E-state index in [0.29, 0.717) is 38.2 Å². The molecule has 7 heteroatoms. The van der Waals surface area contributed by atoms with Gasteiger partial charge in [0.2, 0.25) is 0 Å². The van der Waals surface area contributed by atoms with Crippen LogP contribution in [-0.2, 0) is 22.6 Å². The summed E-state index contributed by atoms with van der Waals surface area (Å²) in [6.45, 7) is 6.78. The number of nitrogens with one attached hydrogen (secondary N) is 1. The molecule has 32 heavy (non-hydrogen) atoms. The van der Waals surface area contributed by atoms with E-state index >= 15 is 0 Å². The first kappa shape index (κ1) is 24.0. The van der Waals surface area contributed by atoms with Crippen LogP contribution < -0.4 is 10.1 Å². The van der Waals surface area contributed by atoms with Gasteiger partial charge in [0.15, 0.2) is 5.96 Å². The molecule has 0 amide bonds. The summed E-state index contributed by atoms with van der Waals surface area (Å²) in [4.78, 5) is 6.78. The summed E-state index contributed by atoms with van der Waals surface area (Å²) < 4.78 is 30.0. The van der Waals surface area contributed by atoms with Crippen molar-refractivity contribution < 1.29 is 18.6 Å². The zero-order valence-electron chi connectivity index (χ0n) is 19.1. The van der Waals surface area contributed by atoms with E-state index in [9.17, 15) is 4.39 Å². The Bertz CT molecular complexity index is 821. The molecule has 0 aromatic heterocycles. The summed E-state index contributed by atoms with van der Waals surface area (Å²) in [6.07, 6.45) is 2.25. The molecule has 0 unspecified atom stereocenters. The van der Waals surface area contributed by atoms with Gasteiger partial charge in [-0.25, -0.2) is 9.38 Å². The third-order valence-electron chi connectivity index (χ3n) is 5.29. The molecule has 1 fully saturated rings. The molecule has 1 aliphatic rings. The molecule has 0 radical (unpaired) electrons. The van der Waals surface area contributed by atoms with E-state index in [-0.39, 0.29) is 5.82 Å². The first-order valence-corrected chi connectivity index (χ1v) is 11.3. The fraction of sp³-hybridized carbons (Fsp3) is 0.480. The van der Waals surface area contributed by atoms with E-state index in [0.717, 1.165) is 44.1 Å². The first-order valence-electron chi connectivity index (χ1n) is 11.3. The Labute approximate surface area is 190 Å². The average molecular weight is 444 g/mol. The van der Waals surface area contributed by atoms with Crippen LogP contribution in [0.5, 0.6) is 5.75 Å². The normalized spacial score (nSPS) is 14.9. The predicted octanol–water partition coefficient (Wildman–Crippen LogP) is 4.00. The Balaban J connectivity index is 1.45. The largest absolute Gasteiger partial charge is 0.492 e. The van der Waals surface area contributed by atoms with Crippen LogP contribution in [0.15, 0.2) is 53.5 Å². The summed E-state index contributed by atoms with van der Waals surface area (Å²) in [5, 5.41) is 3.32. The highest BCUT2D eigenvalue weighted by Gasteiger charge is 2.14. The number of aliphatic imine (C=N–C) groups is 1. The van der Waals surface area contributed by atoms with Gasteiger partial charge < -0.3 is 24.4 Å². The van der Waals surface area contributed by atoms with Crippen molar-refractivity contribution in [2.45, 2.75) is 39.0 Å². The number of nitrogens with zero attached hydrogens (tertiary/aromatic N) is 2. The van der Waals surface area contributed by atoms with Gasteiger partial charge in [-0.05, 0) is 55.2 Å². The summed E-state index contributed by atoms with van der Waals surface area (Å²) in [5.41, 5.74) is 2.32. The van der Waals surface area contributed by atoms with E-state index in [1.165, 1.54) is 17.7 Å². The van der Waals surface area contributed by atoms with Crippen molar-refractivity contribution >= 4 is 5.96 Å². The third kappa shape index (κ3) is 8.13. The topological polar surface area (TPSA) is 55.3 Å². The molecule has 6 nitrogen and oxygen atoms in total. The molecule has 3 rings (SSSR count). The highest BCUT2D eigenvalue weighted by molar-refractivity contribution is 5.79. The molecule has 1 aliphatic heterocycles. The van der Waals surface area contributed by atoms with E-state index < -0.39 is 0 Å². The highest BCUT2D eigenvalue weighted by atomic mass is 19.1. The standard InChI is InChI=1S/C25H34FN3O3/c1-3-27-25(29(2)14-17-31-23-10-8-22(26)9-11-23)28-18-20-4-6-21(7-5-20)19-32-24-12-15-30-16-13-24/h4-11,24H,3,12-19H2,1-2H3,(H,27,28). The van der Waals surface area contributed by atoms with E-state index in [4.69, 9.17) is 19.2 Å². The fourth-order valence-corrected chi connectivity index (χ4v) is 3.37. The quantitative estimate of drug-likeness (QED) is 0.444. The minimum atomic E-state index is -0.268. The monoisotopic (exact) mass is 443 g/mol. The molecule has 174 valence electrons. The average Bonchev–Trinajstić information content (AvgIpc) is 2.83. The number of ether oxygens (including phenoxy) is 3. The Kier molecular flexibility index (Phi) is 9.78. The van der Waals surface area contributed by atoms with E-state index in [1.807, 2.05) is 18.9 Å². The third-order valence-corrected chi connectivity index (χ3v) is 5.29. The molecule has 0 bridgehead atoms. The molecule has 0 spiro atoms. The maximum atomic E-state index is 13.0. The number of rotatable bonds is 10. The summed E-state index contributed by atoms with van der Waals surface area (Å²) >= 11 is 0. The van der Waals surface area contributed by atoms with Gasteiger partial charge in [-0.2, -0.15) is 0 Å².